The van der Waals surface area contributed by atoms with Gasteiger partial charge in [-0.15, -0.1) is 0 Å². The molecule has 0 spiro atoms. The summed E-state index contributed by atoms with van der Waals surface area (Å²) in [6.07, 6.45) is 0.526. The summed E-state index contributed by atoms with van der Waals surface area (Å²) in [4.78, 5) is 41.8. The summed E-state index contributed by atoms with van der Waals surface area (Å²) in [6, 6.07) is 20.4. The number of anilines is 2. The molecule has 7 nitrogen and oxygen atoms in total. The lowest BCUT2D eigenvalue weighted by atomic mass is 10.1. The standard InChI is InChI=1S/C28H25BrClN3O4S/c1-2-37-27(36)19-5-13-23(14-6-19)33-26(35)24(17-25(34)31-22-11-7-20(29)8-12-22)32(28(33)38)16-15-18-3-9-21(30)10-4-18/h3-14,24H,2,15-17H2,1H3,(H,31,34). The highest BCUT2D eigenvalue weighted by atomic mass is 79.9. The van der Waals surface area contributed by atoms with Gasteiger partial charge in [0.05, 0.1) is 24.3 Å². The van der Waals surface area contributed by atoms with Crippen LogP contribution in [0.3, 0.4) is 0 Å². The van der Waals surface area contributed by atoms with Crippen LogP contribution in [0.25, 0.3) is 0 Å². The number of halogens is 2. The van der Waals surface area contributed by atoms with Gasteiger partial charge in [0, 0.05) is 21.7 Å². The number of esters is 1. The number of hydrogen-bond acceptors (Lipinski definition) is 5. The van der Waals surface area contributed by atoms with Crippen LogP contribution in [0, 0.1) is 0 Å². The third-order valence-electron chi connectivity index (χ3n) is 6.02. The second-order valence-electron chi connectivity index (χ2n) is 8.57. The van der Waals surface area contributed by atoms with Gasteiger partial charge in [0.2, 0.25) is 5.91 Å². The average molecular weight is 615 g/mol. The van der Waals surface area contributed by atoms with E-state index in [9.17, 15) is 14.4 Å². The van der Waals surface area contributed by atoms with Gasteiger partial charge in [0.15, 0.2) is 5.11 Å². The molecule has 2 amide bonds. The number of carbonyl (C=O) groups excluding carboxylic acids is 3. The molecule has 1 aliphatic heterocycles. The summed E-state index contributed by atoms with van der Waals surface area (Å²) in [5, 5.41) is 3.79. The van der Waals surface area contributed by atoms with E-state index in [-0.39, 0.29) is 24.8 Å². The molecule has 1 heterocycles. The second-order valence-corrected chi connectivity index (χ2v) is 10.3. The zero-order valence-electron chi connectivity index (χ0n) is 20.5. The number of benzene rings is 3. The third-order valence-corrected chi connectivity index (χ3v) is 7.21. The van der Waals surface area contributed by atoms with Gasteiger partial charge in [0.1, 0.15) is 6.04 Å². The van der Waals surface area contributed by atoms with Crippen LogP contribution in [0.4, 0.5) is 11.4 Å². The highest BCUT2D eigenvalue weighted by Crippen LogP contribution is 2.28. The predicted octanol–water partition coefficient (Wildman–Crippen LogP) is 5.85. The number of amides is 2. The Bertz CT molecular complexity index is 1330. The largest absolute Gasteiger partial charge is 0.462 e. The van der Waals surface area contributed by atoms with Crippen LogP contribution < -0.4 is 10.2 Å². The Morgan fingerprint density at radius 3 is 2.32 bits per heavy atom. The summed E-state index contributed by atoms with van der Waals surface area (Å²) in [5.74, 6) is -1.05. The molecule has 10 heteroatoms. The van der Waals surface area contributed by atoms with Gasteiger partial charge in [-0.05, 0) is 91.8 Å². The van der Waals surface area contributed by atoms with E-state index in [1.54, 1.807) is 48.2 Å². The molecule has 3 aromatic rings. The highest BCUT2D eigenvalue weighted by molar-refractivity contribution is 9.10. The van der Waals surface area contributed by atoms with Crippen molar-refractivity contribution in [2.45, 2.75) is 25.8 Å². The molecule has 0 bridgehead atoms. The van der Waals surface area contributed by atoms with Crippen LogP contribution in [0.1, 0.15) is 29.3 Å². The van der Waals surface area contributed by atoms with Crippen LogP contribution in [0.5, 0.6) is 0 Å². The van der Waals surface area contributed by atoms with Gasteiger partial charge in [-0.2, -0.15) is 0 Å². The van der Waals surface area contributed by atoms with Gasteiger partial charge < -0.3 is 15.0 Å². The third kappa shape index (κ3) is 6.59. The van der Waals surface area contributed by atoms with Gasteiger partial charge in [0.25, 0.3) is 5.91 Å². The average Bonchev–Trinajstić information content (AvgIpc) is 3.13. The first kappa shape index (κ1) is 27.8. The molecule has 0 aliphatic carbocycles. The summed E-state index contributed by atoms with van der Waals surface area (Å²) in [5.41, 5.74) is 2.55. The van der Waals surface area contributed by atoms with Crippen molar-refractivity contribution in [2.75, 3.05) is 23.4 Å². The smallest absolute Gasteiger partial charge is 0.338 e. The van der Waals surface area contributed by atoms with E-state index in [2.05, 4.69) is 21.2 Å². The number of thiocarbonyl (C=S) groups is 1. The lowest BCUT2D eigenvalue weighted by molar-refractivity contribution is -0.124. The Kier molecular flexibility index (Phi) is 9.14. The lowest BCUT2D eigenvalue weighted by Gasteiger charge is -2.24. The van der Waals surface area contributed by atoms with E-state index in [1.807, 2.05) is 36.4 Å². The number of ether oxygens (including phenoxy) is 1. The Morgan fingerprint density at radius 2 is 1.68 bits per heavy atom. The van der Waals surface area contributed by atoms with Gasteiger partial charge in [-0.3, -0.25) is 14.5 Å². The maximum atomic E-state index is 13.6. The molecular weight excluding hydrogens is 590 g/mol. The maximum Gasteiger partial charge on any atom is 0.338 e. The normalized spacial score (nSPS) is 15.1. The molecule has 0 saturated carbocycles. The highest BCUT2D eigenvalue weighted by Gasteiger charge is 2.44. The predicted molar refractivity (Wildman–Crippen MR) is 156 cm³/mol. The molecule has 3 aromatic carbocycles. The monoisotopic (exact) mass is 613 g/mol. The molecular formula is C28H25BrClN3O4S. The fourth-order valence-corrected chi connectivity index (χ4v) is 4.91. The van der Waals surface area contributed by atoms with Crippen molar-refractivity contribution < 1.29 is 19.1 Å². The van der Waals surface area contributed by atoms with E-state index >= 15 is 0 Å². The van der Waals surface area contributed by atoms with E-state index < -0.39 is 12.0 Å². The van der Waals surface area contributed by atoms with Crippen LogP contribution >= 0.6 is 39.7 Å². The Morgan fingerprint density at radius 1 is 1.03 bits per heavy atom. The van der Waals surface area contributed by atoms with Crippen molar-refractivity contribution >= 4 is 74.0 Å². The fourth-order valence-electron chi connectivity index (χ4n) is 4.11. The molecule has 1 atom stereocenters. The fraction of sp³-hybridized carbons (Fsp3) is 0.214. The quantitative estimate of drug-likeness (QED) is 0.241. The van der Waals surface area contributed by atoms with Crippen molar-refractivity contribution in [3.63, 3.8) is 0 Å². The number of rotatable bonds is 9. The topological polar surface area (TPSA) is 78.9 Å². The van der Waals surface area contributed by atoms with E-state index in [0.717, 1.165) is 10.0 Å². The number of nitrogens with one attached hydrogen (secondary N) is 1. The lowest BCUT2D eigenvalue weighted by Crippen LogP contribution is -2.39. The number of nitrogens with zero attached hydrogens (tertiary/aromatic N) is 2. The van der Waals surface area contributed by atoms with Crippen molar-refractivity contribution in [3.05, 3.63) is 93.4 Å². The molecule has 1 aliphatic rings. The van der Waals surface area contributed by atoms with Crippen molar-refractivity contribution in [2.24, 2.45) is 0 Å². The Hall–Kier alpha value is -3.27. The molecule has 1 fully saturated rings. The molecule has 196 valence electrons. The van der Waals surface area contributed by atoms with Crippen LogP contribution in [0.15, 0.2) is 77.3 Å². The van der Waals surface area contributed by atoms with E-state index in [4.69, 9.17) is 28.6 Å². The number of hydrogen-bond donors (Lipinski definition) is 1. The molecule has 38 heavy (non-hydrogen) atoms. The molecule has 1 unspecified atom stereocenters. The molecule has 1 N–H and O–H groups in total. The van der Waals surface area contributed by atoms with Crippen LogP contribution in [-0.4, -0.2) is 47.0 Å². The van der Waals surface area contributed by atoms with Gasteiger partial charge in [-0.25, -0.2) is 4.79 Å². The second kappa shape index (κ2) is 12.5. The number of carbonyl (C=O) groups is 3. The Labute approximate surface area is 239 Å². The van der Waals surface area contributed by atoms with E-state index in [1.165, 1.54) is 4.90 Å². The molecule has 1 saturated heterocycles. The van der Waals surface area contributed by atoms with Gasteiger partial charge in [-0.1, -0.05) is 39.7 Å². The molecule has 0 aromatic heterocycles. The first-order valence-electron chi connectivity index (χ1n) is 12.0. The first-order valence-corrected chi connectivity index (χ1v) is 13.6. The maximum absolute atomic E-state index is 13.6. The van der Waals surface area contributed by atoms with Gasteiger partial charge >= 0.3 is 5.97 Å². The summed E-state index contributed by atoms with van der Waals surface area (Å²) in [7, 11) is 0. The van der Waals surface area contributed by atoms with Crippen molar-refractivity contribution in [1.82, 2.24) is 4.90 Å². The minimum absolute atomic E-state index is 0.0763. The first-order chi connectivity index (χ1) is 18.3. The summed E-state index contributed by atoms with van der Waals surface area (Å²) in [6.45, 7) is 2.43. The zero-order valence-corrected chi connectivity index (χ0v) is 23.7. The minimum atomic E-state index is -0.782. The SMILES string of the molecule is CCOC(=O)c1ccc(N2C(=O)C(CC(=O)Nc3ccc(Br)cc3)N(CCc3ccc(Cl)cc3)C2=S)cc1. The van der Waals surface area contributed by atoms with E-state index in [0.29, 0.717) is 40.0 Å². The van der Waals surface area contributed by atoms with Crippen molar-refractivity contribution in [3.8, 4) is 0 Å². The Balaban J connectivity index is 1.55. The van der Waals surface area contributed by atoms with Crippen LogP contribution in [0.2, 0.25) is 5.02 Å². The minimum Gasteiger partial charge on any atom is -0.462 e. The molecule has 4 rings (SSSR count). The van der Waals surface area contributed by atoms with Crippen molar-refractivity contribution in [1.29, 1.82) is 0 Å². The zero-order chi connectivity index (χ0) is 27.2. The summed E-state index contributed by atoms with van der Waals surface area (Å²) < 4.78 is 5.93. The summed E-state index contributed by atoms with van der Waals surface area (Å²) >= 11 is 15.1. The molecule has 0 radical (unpaired) electrons. The van der Waals surface area contributed by atoms with Crippen LogP contribution in [-0.2, 0) is 20.7 Å².